The fourth-order valence-electron chi connectivity index (χ4n) is 2.86. The summed E-state index contributed by atoms with van der Waals surface area (Å²) in [6.45, 7) is 4.73. The number of amides is 2. The van der Waals surface area contributed by atoms with Gasteiger partial charge in [0.1, 0.15) is 6.04 Å². The van der Waals surface area contributed by atoms with E-state index < -0.39 is 6.04 Å². The second-order valence-corrected chi connectivity index (χ2v) is 7.94. The number of halogens is 1. The van der Waals surface area contributed by atoms with Gasteiger partial charge in [-0.05, 0) is 43.5 Å². The van der Waals surface area contributed by atoms with E-state index in [-0.39, 0.29) is 11.8 Å². The number of benzene rings is 2. The van der Waals surface area contributed by atoms with E-state index in [1.54, 1.807) is 11.8 Å². The quantitative estimate of drug-likeness (QED) is 0.630. The van der Waals surface area contributed by atoms with E-state index in [2.05, 4.69) is 5.32 Å². The van der Waals surface area contributed by atoms with Crippen molar-refractivity contribution in [2.45, 2.75) is 32.1 Å². The van der Waals surface area contributed by atoms with E-state index in [1.807, 2.05) is 61.5 Å². The van der Waals surface area contributed by atoms with Crippen LogP contribution in [0.15, 0.2) is 54.6 Å². The minimum Gasteiger partial charge on any atom is -0.355 e. The highest BCUT2D eigenvalue weighted by Gasteiger charge is 2.25. The summed E-state index contributed by atoms with van der Waals surface area (Å²) in [6, 6.07) is 17.1. The van der Waals surface area contributed by atoms with Crippen molar-refractivity contribution in [1.82, 2.24) is 10.2 Å². The molecule has 0 aliphatic heterocycles. The van der Waals surface area contributed by atoms with Crippen molar-refractivity contribution in [2.24, 2.45) is 0 Å². The molecule has 0 unspecified atom stereocenters. The molecular formula is C22H27ClN2O2S. The van der Waals surface area contributed by atoms with Gasteiger partial charge < -0.3 is 10.2 Å². The zero-order chi connectivity index (χ0) is 20.4. The highest BCUT2D eigenvalue weighted by atomic mass is 35.5. The Morgan fingerprint density at radius 2 is 1.82 bits per heavy atom. The zero-order valence-electron chi connectivity index (χ0n) is 16.4. The summed E-state index contributed by atoms with van der Waals surface area (Å²) in [4.78, 5) is 26.9. The molecular weight excluding hydrogens is 392 g/mol. The van der Waals surface area contributed by atoms with Crippen molar-refractivity contribution in [1.29, 1.82) is 0 Å². The Labute approximate surface area is 176 Å². The molecule has 2 rings (SSSR count). The topological polar surface area (TPSA) is 49.4 Å². The molecule has 2 amide bonds. The Bertz CT molecular complexity index is 770. The van der Waals surface area contributed by atoms with E-state index in [0.717, 1.165) is 17.5 Å². The fraction of sp³-hybridized carbons (Fsp3) is 0.364. The molecule has 0 aliphatic rings. The van der Waals surface area contributed by atoms with Crippen LogP contribution in [-0.2, 0) is 21.8 Å². The number of nitrogens with one attached hydrogen (secondary N) is 1. The number of hydrogen-bond donors (Lipinski definition) is 1. The molecule has 0 saturated carbocycles. The molecule has 0 fully saturated rings. The first kappa shape index (κ1) is 22.3. The molecule has 1 atom stereocenters. The molecule has 2 aromatic carbocycles. The standard InChI is InChI=1S/C22H27ClN2O2S/c1-3-24-22(27)17(2)25(13-12-18-8-5-4-6-9-18)21(26)16-28-15-19-10-7-11-20(23)14-19/h4-11,14,17H,3,12-13,15-16H2,1-2H3,(H,24,27)/t17-/m1/s1. The lowest BCUT2D eigenvalue weighted by Gasteiger charge is -2.28. The van der Waals surface area contributed by atoms with Gasteiger partial charge in [-0.15, -0.1) is 11.8 Å². The maximum absolute atomic E-state index is 12.9. The van der Waals surface area contributed by atoms with Gasteiger partial charge >= 0.3 is 0 Å². The van der Waals surface area contributed by atoms with Crippen LogP contribution in [0.3, 0.4) is 0 Å². The number of nitrogens with zero attached hydrogens (tertiary/aromatic N) is 1. The average molecular weight is 419 g/mol. The molecule has 0 aromatic heterocycles. The molecule has 0 aliphatic carbocycles. The van der Waals surface area contributed by atoms with Crippen LogP contribution in [0.5, 0.6) is 0 Å². The van der Waals surface area contributed by atoms with E-state index in [0.29, 0.717) is 29.6 Å². The van der Waals surface area contributed by atoms with Gasteiger partial charge in [0.25, 0.3) is 0 Å². The lowest BCUT2D eigenvalue weighted by molar-refractivity contribution is -0.137. The molecule has 0 heterocycles. The molecule has 1 N–H and O–H groups in total. The first-order valence-corrected chi connectivity index (χ1v) is 11.0. The highest BCUT2D eigenvalue weighted by Crippen LogP contribution is 2.17. The van der Waals surface area contributed by atoms with Gasteiger partial charge in [-0.1, -0.05) is 54.1 Å². The smallest absolute Gasteiger partial charge is 0.242 e. The van der Waals surface area contributed by atoms with Gasteiger partial charge in [-0.2, -0.15) is 0 Å². The Balaban J connectivity index is 1.97. The van der Waals surface area contributed by atoms with Crippen LogP contribution >= 0.6 is 23.4 Å². The second kappa shape index (κ2) is 11.8. The van der Waals surface area contributed by atoms with Crippen molar-refractivity contribution in [3.05, 3.63) is 70.7 Å². The van der Waals surface area contributed by atoms with Gasteiger partial charge in [-0.25, -0.2) is 0 Å². The maximum Gasteiger partial charge on any atom is 0.242 e. The maximum atomic E-state index is 12.9. The van der Waals surface area contributed by atoms with Crippen molar-refractivity contribution in [3.63, 3.8) is 0 Å². The number of rotatable bonds is 10. The van der Waals surface area contributed by atoms with Crippen LogP contribution in [0.2, 0.25) is 5.02 Å². The summed E-state index contributed by atoms with van der Waals surface area (Å²) in [5.41, 5.74) is 2.23. The summed E-state index contributed by atoms with van der Waals surface area (Å²) in [6.07, 6.45) is 0.718. The normalized spacial score (nSPS) is 11.7. The lowest BCUT2D eigenvalue weighted by Crippen LogP contribution is -2.49. The van der Waals surface area contributed by atoms with Crippen molar-refractivity contribution >= 4 is 35.2 Å². The van der Waals surface area contributed by atoms with E-state index in [9.17, 15) is 9.59 Å². The Morgan fingerprint density at radius 1 is 1.11 bits per heavy atom. The molecule has 0 spiro atoms. The Kier molecular flexibility index (Phi) is 9.38. The third kappa shape index (κ3) is 7.21. The van der Waals surface area contributed by atoms with Crippen LogP contribution in [0.1, 0.15) is 25.0 Å². The second-order valence-electron chi connectivity index (χ2n) is 6.52. The van der Waals surface area contributed by atoms with Gasteiger partial charge in [0.2, 0.25) is 11.8 Å². The van der Waals surface area contributed by atoms with Crippen LogP contribution in [0, 0.1) is 0 Å². The average Bonchev–Trinajstić information content (AvgIpc) is 2.69. The predicted octanol–water partition coefficient (Wildman–Crippen LogP) is 4.17. The monoisotopic (exact) mass is 418 g/mol. The van der Waals surface area contributed by atoms with Gasteiger partial charge in [0.15, 0.2) is 0 Å². The summed E-state index contributed by atoms with van der Waals surface area (Å²) in [5, 5.41) is 3.51. The van der Waals surface area contributed by atoms with Crippen LogP contribution < -0.4 is 5.32 Å². The fourth-order valence-corrected chi connectivity index (χ4v) is 3.93. The van der Waals surface area contributed by atoms with Gasteiger partial charge in [0.05, 0.1) is 5.75 Å². The minimum atomic E-state index is -0.497. The predicted molar refractivity (Wildman–Crippen MR) is 118 cm³/mol. The Morgan fingerprint density at radius 3 is 2.50 bits per heavy atom. The van der Waals surface area contributed by atoms with Crippen molar-refractivity contribution < 1.29 is 9.59 Å². The van der Waals surface area contributed by atoms with Gasteiger partial charge in [0, 0.05) is 23.9 Å². The largest absolute Gasteiger partial charge is 0.355 e. The number of thioether (sulfide) groups is 1. The number of likely N-dealkylation sites (N-methyl/N-ethyl adjacent to an activating group) is 1. The van der Waals surface area contributed by atoms with Crippen molar-refractivity contribution in [2.75, 3.05) is 18.8 Å². The van der Waals surface area contributed by atoms with Crippen LogP contribution in [0.4, 0.5) is 0 Å². The lowest BCUT2D eigenvalue weighted by atomic mass is 10.1. The van der Waals surface area contributed by atoms with Crippen LogP contribution in [0.25, 0.3) is 0 Å². The number of hydrogen-bond acceptors (Lipinski definition) is 3. The van der Waals surface area contributed by atoms with Crippen molar-refractivity contribution in [3.8, 4) is 0 Å². The zero-order valence-corrected chi connectivity index (χ0v) is 17.9. The summed E-state index contributed by atoms with van der Waals surface area (Å²) >= 11 is 7.55. The summed E-state index contributed by atoms with van der Waals surface area (Å²) in [7, 11) is 0. The number of carbonyl (C=O) groups is 2. The third-order valence-corrected chi connectivity index (χ3v) is 5.61. The van der Waals surface area contributed by atoms with Gasteiger partial charge in [-0.3, -0.25) is 9.59 Å². The highest BCUT2D eigenvalue weighted by molar-refractivity contribution is 7.99. The summed E-state index contributed by atoms with van der Waals surface area (Å²) < 4.78 is 0. The molecule has 4 nitrogen and oxygen atoms in total. The molecule has 2 aromatic rings. The first-order valence-electron chi connectivity index (χ1n) is 9.44. The molecule has 0 radical (unpaired) electrons. The number of carbonyl (C=O) groups excluding carboxylic acids is 2. The molecule has 28 heavy (non-hydrogen) atoms. The SMILES string of the molecule is CCNC(=O)[C@@H](C)N(CCc1ccccc1)C(=O)CSCc1cccc(Cl)c1. The summed E-state index contributed by atoms with van der Waals surface area (Å²) in [5.74, 6) is 0.879. The molecule has 0 bridgehead atoms. The first-order chi connectivity index (χ1) is 13.5. The van der Waals surface area contributed by atoms with E-state index in [4.69, 9.17) is 11.6 Å². The minimum absolute atomic E-state index is 0.0262. The van der Waals surface area contributed by atoms with E-state index >= 15 is 0 Å². The molecule has 0 saturated heterocycles. The molecule has 6 heteroatoms. The third-order valence-electron chi connectivity index (χ3n) is 4.39. The van der Waals surface area contributed by atoms with Crippen LogP contribution in [-0.4, -0.2) is 41.6 Å². The molecule has 150 valence electrons. The Hall–Kier alpha value is -1.98. The van der Waals surface area contributed by atoms with E-state index in [1.165, 1.54) is 11.8 Å².